The highest BCUT2D eigenvalue weighted by Gasteiger charge is 2.17. The van der Waals surface area contributed by atoms with Crippen molar-refractivity contribution in [1.29, 1.82) is 0 Å². The lowest BCUT2D eigenvalue weighted by Gasteiger charge is -2.20. The lowest BCUT2D eigenvalue weighted by molar-refractivity contribution is 0.281. The number of nitrogens with one attached hydrogen (secondary N) is 1. The zero-order valence-electron chi connectivity index (χ0n) is 11.4. The van der Waals surface area contributed by atoms with E-state index in [9.17, 15) is 0 Å². The summed E-state index contributed by atoms with van der Waals surface area (Å²) in [6.07, 6.45) is 3.23. The summed E-state index contributed by atoms with van der Waals surface area (Å²) in [5.74, 6) is 2.80. The van der Waals surface area contributed by atoms with E-state index in [1.165, 1.54) is 12.8 Å². The van der Waals surface area contributed by atoms with Gasteiger partial charge in [0.25, 0.3) is 0 Å². The van der Waals surface area contributed by atoms with Gasteiger partial charge in [-0.25, -0.2) is 0 Å². The Morgan fingerprint density at radius 3 is 2.80 bits per heavy atom. The number of para-hydroxylation sites is 1. The molecule has 5 nitrogen and oxygen atoms in total. The molecule has 0 bridgehead atoms. The Morgan fingerprint density at radius 1 is 1.20 bits per heavy atom. The number of rotatable bonds is 5. The summed E-state index contributed by atoms with van der Waals surface area (Å²) in [5.41, 5.74) is 0. The Kier molecular flexibility index (Phi) is 4.28. The highest BCUT2D eigenvalue weighted by molar-refractivity contribution is 5.20. The van der Waals surface area contributed by atoms with Crippen molar-refractivity contribution in [2.24, 2.45) is 5.92 Å². The van der Waals surface area contributed by atoms with Gasteiger partial charge in [0.1, 0.15) is 5.75 Å². The second kappa shape index (κ2) is 6.52. The summed E-state index contributed by atoms with van der Waals surface area (Å²) in [6, 6.07) is 9.66. The van der Waals surface area contributed by atoms with E-state index in [1.807, 2.05) is 30.3 Å². The second-order valence-electron chi connectivity index (χ2n) is 5.10. The molecule has 0 atom stereocenters. The van der Waals surface area contributed by atoms with E-state index in [4.69, 9.17) is 9.26 Å². The van der Waals surface area contributed by atoms with Crippen molar-refractivity contribution >= 4 is 0 Å². The maximum atomic E-state index is 5.60. The molecule has 0 amide bonds. The zero-order valence-corrected chi connectivity index (χ0v) is 11.4. The molecule has 20 heavy (non-hydrogen) atoms. The van der Waals surface area contributed by atoms with Gasteiger partial charge in [-0.1, -0.05) is 23.4 Å². The molecule has 0 saturated carbocycles. The van der Waals surface area contributed by atoms with Gasteiger partial charge in [-0.15, -0.1) is 0 Å². The van der Waals surface area contributed by atoms with Gasteiger partial charge in [0.2, 0.25) is 11.7 Å². The van der Waals surface area contributed by atoms with E-state index in [1.54, 1.807) is 0 Å². The smallest absolute Gasteiger partial charge is 0.227 e. The van der Waals surface area contributed by atoms with Gasteiger partial charge in [-0.3, -0.25) is 0 Å². The number of hydrogen-bond acceptors (Lipinski definition) is 5. The summed E-state index contributed by atoms with van der Waals surface area (Å²) in [4.78, 5) is 4.40. The fourth-order valence-electron chi connectivity index (χ4n) is 2.43. The Balaban J connectivity index is 1.51. The highest BCUT2D eigenvalue weighted by atomic mass is 16.5. The summed E-state index contributed by atoms with van der Waals surface area (Å²) < 4.78 is 10.9. The predicted molar refractivity (Wildman–Crippen MR) is 74.4 cm³/mol. The van der Waals surface area contributed by atoms with Crippen molar-refractivity contribution in [3.05, 3.63) is 42.0 Å². The normalized spacial score (nSPS) is 16.2. The monoisotopic (exact) mass is 273 g/mol. The van der Waals surface area contributed by atoms with Crippen LogP contribution in [0.1, 0.15) is 24.6 Å². The molecule has 1 aromatic carbocycles. The molecule has 0 spiro atoms. The van der Waals surface area contributed by atoms with Crippen molar-refractivity contribution in [1.82, 2.24) is 15.5 Å². The minimum Gasteiger partial charge on any atom is -0.485 e. The lowest BCUT2D eigenvalue weighted by Crippen LogP contribution is -2.28. The van der Waals surface area contributed by atoms with Crippen LogP contribution in [0.5, 0.6) is 5.75 Å². The molecule has 1 N–H and O–H groups in total. The zero-order chi connectivity index (χ0) is 13.6. The summed E-state index contributed by atoms with van der Waals surface area (Å²) in [5, 5.41) is 7.33. The minimum atomic E-state index is 0.347. The molecule has 106 valence electrons. The molecular weight excluding hydrogens is 254 g/mol. The average Bonchev–Trinajstić information content (AvgIpc) is 2.95. The highest BCUT2D eigenvalue weighted by Crippen LogP contribution is 2.17. The molecule has 5 heteroatoms. The number of nitrogens with zero attached hydrogens (tertiary/aromatic N) is 2. The number of ether oxygens (including phenoxy) is 1. The van der Waals surface area contributed by atoms with Crippen LogP contribution in [0.25, 0.3) is 0 Å². The van der Waals surface area contributed by atoms with Crippen LogP contribution in [0, 0.1) is 5.92 Å². The third-order valence-electron chi connectivity index (χ3n) is 3.54. The number of benzene rings is 1. The van der Waals surface area contributed by atoms with Crippen molar-refractivity contribution in [2.45, 2.75) is 25.9 Å². The van der Waals surface area contributed by atoms with Gasteiger partial charge in [0.15, 0.2) is 6.61 Å². The van der Waals surface area contributed by atoms with E-state index in [2.05, 4.69) is 15.5 Å². The molecule has 2 aromatic rings. The van der Waals surface area contributed by atoms with Gasteiger partial charge in [-0.2, -0.15) is 4.98 Å². The molecule has 0 unspecified atom stereocenters. The first-order valence-corrected chi connectivity index (χ1v) is 7.10. The number of hydrogen-bond donors (Lipinski definition) is 1. The number of piperidine rings is 1. The van der Waals surface area contributed by atoms with E-state index in [-0.39, 0.29) is 0 Å². The predicted octanol–water partition coefficient (Wildman–Crippen LogP) is 2.19. The van der Waals surface area contributed by atoms with Gasteiger partial charge in [0.05, 0.1) is 0 Å². The lowest BCUT2D eigenvalue weighted by atomic mass is 9.95. The standard InChI is InChI=1S/C15H19N3O2/c1-2-4-13(5-3-1)19-11-14-17-15(20-18-14)10-12-6-8-16-9-7-12/h1-5,12,16H,6-11H2. The van der Waals surface area contributed by atoms with E-state index >= 15 is 0 Å². The van der Waals surface area contributed by atoms with Crippen LogP contribution in [0.2, 0.25) is 0 Å². The van der Waals surface area contributed by atoms with Crippen molar-refractivity contribution in [3.63, 3.8) is 0 Å². The third-order valence-corrected chi connectivity index (χ3v) is 3.54. The minimum absolute atomic E-state index is 0.347. The first-order valence-electron chi connectivity index (χ1n) is 7.10. The van der Waals surface area contributed by atoms with Crippen LogP contribution >= 0.6 is 0 Å². The fraction of sp³-hybridized carbons (Fsp3) is 0.467. The molecule has 1 fully saturated rings. The van der Waals surface area contributed by atoms with Crippen LogP contribution in [0.3, 0.4) is 0 Å². The van der Waals surface area contributed by atoms with Crippen molar-refractivity contribution in [2.75, 3.05) is 13.1 Å². The molecule has 0 radical (unpaired) electrons. The molecule has 1 saturated heterocycles. The Bertz CT molecular complexity index is 521. The second-order valence-corrected chi connectivity index (χ2v) is 5.10. The van der Waals surface area contributed by atoms with Gasteiger partial charge < -0.3 is 14.6 Å². The Hall–Kier alpha value is -1.88. The van der Waals surface area contributed by atoms with Gasteiger partial charge in [0, 0.05) is 6.42 Å². The third kappa shape index (κ3) is 3.57. The largest absolute Gasteiger partial charge is 0.485 e. The molecule has 2 heterocycles. The maximum Gasteiger partial charge on any atom is 0.227 e. The molecular formula is C15H19N3O2. The SMILES string of the molecule is c1ccc(OCc2noc(CC3CCNCC3)n2)cc1. The topological polar surface area (TPSA) is 60.2 Å². The van der Waals surface area contributed by atoms with E-state index in [0.29, 0.717) is 18.3 Å². The van der Waals surface area contributed by atoms with Crippen LogP contribution in [0.15, 0.2) is 34.9 Å². The number of aromatic nitrogens is 2. The quantitative estimate of drug-likeness (QED) is 0.905. The van der Waals surface area contributed by atoms with Crippen LogP contribution in [0.4, 0.5) is 0 Å². The summed E-state index contributed by atoms with van der Waals surface area (Å²) >= 11 is 0. The molecule has 1 aliphatic heterocycles. The first kappa shape index (κ1) is 13.1. The fourth-order valence-corrected chi connectivity index (χ4v) is 2.43. The Morgan fingerprint density at radius 2 is 2.00 bits per heavy atom. The van der Waals surface area contributed by atoms with Crippen LogP contribution in [-0.2, 0) is 13.0 Å². The van der Waals surface area contributed by atoms with Gasteiger partial charge in [-0.05, 0) is 44.0 Å². The van der Waals surface area contributed by atoms with Crippen LogP contribution in [-0.4, -0.2) is 23.2 Å². The average molecular weight is 273 g/mol. The molecule has 1 aliphatic rings. The van der Waals surface area contributed by atoms with Gasteiger partial charge >= 0.3 is 0 Å². The summed E-state index contributed by atoms with van der Waals surface area (Å²) in [7, 11) is 0. The van der Waals surface area contributed by atoms with E-state index < -0.39 is 0 Å². The first-order chi connectivity index (χ1) is 9.90. The van der Waals surface area contributed by atoms with Crippen molar-refractivity contribution < 1.29 is 9.26 Å². The molecule has 3 rings (SSSR count). The molecule has 1 aromatic heterocycles. The van der Waals surface area contributed by atoms with Crippen LogP contribution < -0.4 is 10.1 Å². The van der Waals surface area contributed by atoms with Crippen molar-refractivity contribution in [3.8, 4) is 5.75 Å². The van der Waals surface area contributed by atoms with E-state index in [0.717, 1.165) is 31.2 Å². The Labute approximate surface area is 118 Å². The maximum absolute atomic E-state index is 5.60. The summed E-state index contributed by atoms with van der Waals surface area (Å²) in [6.45, 7) is 2.52. The molecule has 0 aliphatic carbocycles.